The van der Waals surface area contributed by atoms with Gasteiger partial charge in [-0.1, -0.05) is 24.3 Å². The van der Waals surface area contributed by atoms with Crippen LogP contribution in [0.5, 0.6) is 0 Å². The molecule has 0 saturated carbocycles. The first-order valence-electron chi connectivity index (χ1n) is 9.07. The van der Waals surface area contributed by atoms with Crippen LogP contribution in [-0.2, 0) is 11.2 Å². The highest BCUT2D eigenvalue weighted by Gasteiger charge is 2.20. The van der Waals surface area contributed by atoms with Crippen molar-refractivity contribution in [2.75, 3.05) is 18.5 Å². The molecule has 2 N–H and O–H groups in total. The molecule has 1 atom stereocenters. The molecular weight excluding hydrogens is 328 g/mol. The fraction of sp³-hybridized carbons (Fsp3) is 0.333. The maximum atomic E-state index is 12.4. The highest BCUT2D eigenvalue weighted by atomic mass is 16.5. The van der Waals surface area contributed by atoms with Crippen molar-refractivity contribution in [1.29, 1.82) is 0 Å². The molecule has 2 aromatic rings. The second kappa shape index (κ2) is 8.52. The van der Waals surface area contributed by atoms with Crippen LogP contribution in [0.15, 0.2) is 48.5 Å². The minimum atomic E-state index is -0.499. The van der Waals surface area contributed by atoms with Gasteiger partial charge in [-0.3, -0.25) is 10.1 Å². The van der Waals surface area contributed by atoms with Crippen LogP contribution < -0.4 is 10.6 Å². The average molecular weight is 352 g/mol. The van der Waals surface area contributed by atoms with E-state index in [1.54, 1.807) is 31.2 Å². The molecule has 3 rings (SSSR count). The first-order chi connectivity index (χ1) is 12.7. The number of nitrogens with one attached hydrogen (secondary N) is 2. The molecule has 0 heterocycles. The van der Waals surface area contributed by atoms with Crippen LogP contribution in [0.3, 0.4) is 0 Å². The Morgan fingerprint density at radius 3 is 2.65 bits per heavy atom. The summed E-state index contributed by atoms with van der Waals surface area (Å²) in [4.78, 5) is 23.8. The number of anilines is 1. The zero-order valence-corrected chi connectivity index (χ0v) is 15.0. The van der Waals surface area contributed by atoms with Crippen LogP contribution in [0.4, 0.5) is 10.5 Å². The maximum Gasteiger partial charge on any atom is 0.411 e. The Labute approximate surface area is 153 Å². The molecule has 2 aromatic carbocycles. The van der Waals surface area contributed by atoms with E-state index in [1.807, 2.05) is 0 Å². The van der Waals surface area contributed by atoms with E-state index in [2.05, 4.69) is 34.9 Å². The lowest BCUT2D eigenvalue weighted by Gasteiger charge is -2.25. The van der Waals surface area contributed by atoms with Gasteiger partial charge in [-0.15, -0.1) is 0 Å². The molecule has 0 aliphatic heterocycles. The van der Waals surface area contributed by atoms with E-state index >= 15 is 0 Å². The quantitative estimate of drug-likeness (QED) is 0.851. The lowest BCUT2D eigenvalue weighted by molar-refractivity contribution is 0.0950. The second-order valence-corrected chi connectivity index (χ2v) is 6.42. The second-order valence-electron chi connectivity index (χ2n) is 6.42. The summed E-state index contributed by atoms with van der Waals surface area (Å²) in [6, 6.07) is 15.3. The number of amides is 2. The van der Waals surface area contributed by atoms with E-state index in [-0.39, 0.29) is 5.91 Å². The van der Waals surface area contributed by atoms with Gasteiger partial charge in [-0.2, -0.15) is 0 Å². The molecule has 0 aromatic heterocycles. The van der Waals surface area contributed by atoms with Gasteiger partial charge >= 0.3 is 6.09 Å². The molecule has 0 bridgehead atoms. The van der Waals surface area contributed by atoms with Crippen molar-refractivity contribution in [2.45, 2.75) is 32.1 Å². The number of hydrogen-bond acceptors (Lipinski definition) is 3. The lowest BCUT2D eigenvalue weighted by atomic mass is 9.83. The van der Waals surface area contributed by atoms with E-state index in [0.717, 1.165) is 19.3 Å². The first kappa shape index (κ1) is 18.0. The number of ether oxygens (including phenoxy) is 1. The minimum absolute atomic E-state index is 0.101. The summed E-state index contributed by atoms with van der Waals surface area (Å²) < 4.78 is 4.83. The number of carbonyl (C=O) groups excluding carboxylic acids is 2. The van der Waals surface area contributed by atoms with Gasteiger partial charge in [0.1, 0.15) is 0 Å². The van der Waals surface area contributed by atoms with Gasteiger partial charge in [0.2, 0.25) is 0 Å². The van der Waals surface area contributed by atoms with E-state index in [4.69, 9.17) is 4.74 Å². The summed E-state index contributed by atoms with van der Waals surface area (Å²) in [6.07, 6.45) is 2.88. The van der Waals surface area contributed by atoms with Crippen LogP contribution in [0.25, 0.3) is 0 Å². The molecule has 0 saturated heterocycles. The molecule has 5 nitrogen and oxygen atoms in total. The number of rotatable bonds is 5. The highest BCUT2D eigenvalue weighted by Crippen LogP contribution is 2.30. The van der Waals surface area contributed by atoms with Gasteiger partial charge in [-0.05, 0) is 61.6 Å². The van der Waals surface area contributed by atoms with Crippen molar-refractivity contribution in [1.82, 2.24) is 5.32 Å². The standard InChI is InChI=1S/C21H24N2O3/c1-2-26-21(25)23-18-12-10-16(11-13-18)20(24)22-14-17-8-5-7-15-6-3-4-9-19(15)17/h3-4,6,9-13,17H,2,5,7-8,14H2,1H3,(H,22,24)(H,23,25). The van der Waals surface area contributed by atoms with Gasteiger partial charge in [-0.25, -0.2) is 4.79 Å². The lowest BCUT2D eigenvalue weighted by Crippen LogP contribution is -2.29. The summed E-state index contributed by atoms with van der Waals surface area (Å²) in [5.41, 5.74) is 3.92. The third-order valence-corrected chi connectivity index (χ3v) is 4.67. The largest absolute Gasteiger partial charge is 0.450 e. The third-order valence-electron chi connectivity index (χ3n) is 4.67. The van der Waals surface area contributed by atoms with Gasteiger partial charge in [0, 0.05) is 23.7 Å². The Balaban J connectivity index is 1.56. The molecule has 1 unspecified atom stereocenters. The summed E-state index contributed by atoms with van der Waals surface area (Å²) >= 11 is 0. The zero-order chi connectivity index (χ0) is 18.4. The molecule has 0 fully saturated rings. The fourth-order valence-electron chi connectivity index (χ4n) is 3.37. The molecule has 2 amide bonds. The van der Waals surface area contributed by atoms with Crippen LogP contribution in [0.1, 0.15) is 47.2 Å². The molecule has 136 valence electrons. The number of aryl methyl sites for hydroxylation is 1. The number of fused-ring (bicyclic) bond motifs is 1. The first-order valence-corrected chi connectivity index (χ1v) is 9.07. The van der Waals surface area contributed by atoms with Gasteiger partial charge in [0.05, 0.1) is 6.61 Å². The van der Waals surface area contributed by atoms with Crippen LogP contribution in [0, 0.1) is 0 Å². The maximum absolute atomic E-state index is 12.4. The number of hydrogen-bond donors (Lipinski definition) is 2. The Morgan fingerprint density at radius 1 is 1.12 bits per heavy atom. The fourth-order valence-corrected chi connectivity index (χ4v) is 3.37. The predicted octanol–water partition coefficient (Wildman–Crippen LogP) is 4.10. The van der Waals surface area contributed by atoms with E-state index in [0.29, 0.717) is 30.3 Å². The highest BCUT2D eigenvalue weighted by molar-refractivity contribution is 5.95. The minimum Gasteiger partial charge on any atom is -0.450 e. The summed E-state index contributed by atoms with van der Waals surface area (Å²) in [5, 5.41) is 5.65. The van der Waals surface area contributed by atoms with Gasteiger partial charge in [0.25, 0.3) is 5.91 Å². The van der Waals surface area contributed by atoms with Crippen molar-refractivity contribution in [2.24, 2.45) is 0 Å². The molecule has 1 aliphatic carbocycles. The van der Waals surface area contributed by atoms with Crippen molar-refractivity contribution in [3.8, 4) is 0 Å². The molecular formula is C21H24N2O3. The van der Waals surface area contributed by atoms with Gasteiger partial charge in [0.15, 0.2) is 0 Å². The Hall–Kier alpha value is -2.82. The van der Waals surface area contributed by atoms with Crippen LogP contribution in [0.2, 0.25) is 0 Å². The van der Waals surface area contributed by atoms with Crippen molar-refractivity contribution < 1.29 is 14.3 Å². The SMILES string of the molecule is CCOC(=O)Nc1ccc(C(=O)NCC2CCCc3ccccc32)cc1. The molecule has 0 spiro atoms. The normalized spacial score (nSPS) is 15.7. The van der Waals surface area contributed by atoms with Crippen LogP contribution >= 0.6 is 0 Å². The molecule has 0 radical (unpaired) electrons. The number of carbonyl (C=O) groups is 2. The Kier molecular flexibility index (Phi) is 5.89. The third kappa shape index (κ3) is 4.42. The summed E-state index contributed by atoms with van der Waals surface area (Å²) in [5.74, 6) is 0.268. The van der Waals surface area contributed by atoms with E-state index < -0.39 is 6.09 Å². The molecule has 26 heavy (non-hydrogen) atoms. The molecule has 5 heteroatoms. The Bertz CT molecular complexity index is 771. The monoisotopic (exact) mass is 352 g/mol. The molecule has 1 aliphatic rings. The van der Waals surface area contributed by atoms with Crippen LogP contribution in [-0.4, -0.2) is 25.2 Å². The van der Waals surface area contributed by atoms with E-state index in [9.17, 15) is 9.59 Å². The van der Waals surface area contributed by atoms with Crippen molar-refractivity contribution in [3.63, 3.8) is 0 Å². The summed E-state index contributed by atoms with van der Waals surface area (Å²) in [6.45, 7) is 2.70. The summed E-state index contributed by atoms with van der Waals surface area (Å²) in [7, 11) is 0. The zero-order valence-electron chi connectivity index (χ0n) is 15.0. The van der Waals surface area contributed by atoms with Gasteiger partial charge < -0.3 is 10.1 Å². The predicted molar refractivity (Wildman–Crippen MR) is 102 cm³/mol. The topological polar surface area (TPSA) is 67.4 Å². The number of benzene rings is 2. The van der Waals surface area contributed by atoms with Crippen molar-refractivity contribution in [3.05, 3.63) is 65.2 Å². The van der Waals surface area contributed by atoms with E-state index in [1.165, 1.54) is 11.1 Å². The van der Waals surface area contributed by atoms with Crippen molar-refractivity contribution >= 4 is 17.7 Å². The average Bonchev–Trinajstić information content (AvgIpc) is 2.67. The Morgan fingerprint density at radius 2 is 1.88 bits per heavy atom. The smallest absolute Gasteiger partial charge is 0.411 e.